The number of likely N-dealkylation sites (N-methyl/N-ethyl adjacent to an activating group) is 1. The topological polar surface area (TPSA) is 141 Å². The van der Waals surface area contributed by atoms with Gasteiger partial charge in [-0.15, -0.1) is 0 Å². The van der Waals surface area contributed by atoms with E-state index in [9.17, 15) is 19.0 Å². The molecule has 338 valence electrons. The minimum atomic E-state index is -4.65. The molecule has 0 saturated heterocycles. The molecule has 0 radical (unpaired) electrons. The van der Waals surface area contributed by atoms with Crippen molar-refractivity contribution >= 4 is 19.8 Å². The number of phosphoric acid groups is 1. The van der Waals surface area contributed by atoms with E-state index in [2.05, 4.69) is 30.9 Å². The van der Waals surface area contributed by atoms with Crippen LogP contribution >= 0.6 is 7.82 Å². The second-order valence-corrected chi connectivity index (χ2v) is 17.8. The Bertz CT molecular complexity index is 1150. The van der Waals surface area contributed by atoms with Crippen LogP contribution in [0.4, 0.5) is 0 Å². The molecular weight excluding hydrogens is 757 g/mol. The number of carbonyl (C=O) groups is 2. The fraction of sp³-hybridized carbons (Fsp3) is 0.783. The molecule has 3 atom stereocenters. The maximum atomic E-state index is 12.7. The zero-order valence-electron chi connectivity index (χ0n) is 37.3. The number of quaternary nitrogens is 1. The maximum Gasteiger partial charge on any atom is 0.306 e. The predicted octanol–water partition coefficient (Wildman–Crippen LogP) is 11.5. The molecule has 0 heterocycles. The Morgan fingerprint density at radius 2 is 1.19 bits per heavy atom. The zero-order chi connectivity index (χ0) is 43.0. The van der Waals surface area contributed by atoms with Crippen LogP contribution in [0.2, 0.25) is 0 Å². The van der Waals surface area contributed by atoms with Gasteiger partial charge in [-0.05, 0) is 38.5 Å². The number of hydrogen-bond acceptors (Lipinski definition) is 10. The summed E-state index contributed by atoms with van der Waals surface area (Å²) in [5.74, 6) is -0.933. The molecule has 0 aliphatic rings. The molecule has 12 heteroatoms. The van der Waals surface area contributed by atoms with Crippen LogP contribution < -0.4 is 4.89 Å². The highest BCUT2D eigenvalue weighted by Gasteiger charge is 2.21. The van der Waals surface area contributed by atoms with Crippen LogP contribution in [0, 0.1) is 0 Å². The molecule has 0 aliphatic heterocycles. The summed E-state index contributed by atoms with van der Waals surface area (Å²) < 4.78 is 33.8. The Hall–Kier alpha value is -2.11. The van der Waals surface area contributed by atoms with Gasteiger partial charge in [-0.25, -0.2) is 4.89 Å². The minimum absolute atomic E-state index is 0.0527. The number of carbonyl (C=O) groups excluding carboxylic acids is 2. The van der Waals surface area contributed by atoms with E-state index in [1.165, 1.54) is 77.0 Å². The lowest BCUT2D eigenvalue weighted by Crippen LogP contribution is -2.37. The van der Waals surface area contributed by atoms with Gasteiger partial charge in [0.25, 0.3) is 7.82 Å². The van der Waals surface area contributed by atoms with Gasteiger partial charge >= 0.3 is 11.9 Å². The first kappa shape index (κ1) is 55.9. The number of hydrogen-bond donors (Lipinski definition) is 1. The van der Waals surface area contributed by atoms with E-state index < -0.39 is 32.5 Å². The van der Waals surface area contributed by atoms with Gasteiger partial charge in [0.15, 0.2) is 6.10 Å². The number of unbranched alkanes of at least 4 members (excludes halogenated alkanes) is 17. The van der Waals surface area contributed by atoms with Gasteiger partial charge in [0.05, 0.1) is 27.7 Å². The largest absolute Gasteiger partial charge is 0.756 e. The fourth-order valence-electron chi connectivity index (χ4n) is 5.95. The lowest BCUT2D eigenvalue weighted by molar-refractivity contribution is -0.870. The molecule has 0 saturated carbocycles. The highest BCUT2D eigenvalue weighted by Crippen LogP contribution is 2.38. The number of rotatable bonds is 41. The van der Waals surface area contributed by atoms with E-state index in [0.717, 1.165) is 51.4 Å². The van der Waals surface area contributed by atoms with Crippen molar-refractivity contribution in [3.05, 3.63) is 48.6 Å². The average molecular weight is 842 g/mol. The van der Waals surface area contributed by atoms with E-state index in [4.69, 9.17) is 23.8 Å². The van der Waals surface area contributed by atoms with Crippen molar-refractivity contribution in [2.75, 3.05) is 47.5 Å². The van der Waals surface area contributed by atoms with Crippen molar-refractivity contribution in [3.63, 3.8) is 0 Å². The van der Waals surface area contributed by atoms with Gasteiger partial charge in [0.2, 0.25) is 0 Å². The third kappa shape index (κ3) is 40.7. The van der Waals surface area contributed by atoms with Crippen molar-refractivity contribution in [1.29, 1.82) is 0 Å². The fourth-order valence-corrected chi connectivity index (χ4v) is 6.68. The lowest BCUT2D eigenvalue weighted by Gasteiger charge is -2.28. The van der Waals surface area contributed by atoms with Crippen molar-refractivity contribution in [2.24, 2.45) is 0 Å². The first-order valence-electron chi connectivity index (χ1n) is 22.6. The molecule has 0 rings (SSSR count). The lowest BCUT2D eigenvalue weighted by atomic mass is 10.0. The van der Waals surface area contributed by atoms with Gasteiger partial charge in [-0.1, -0.05) is 172 Å². The molecule has 1 unspecified atom stereocenters. The zero-order valence-corrected chi connectivity index (χ0v) is 38.2. The summed E-state index contributed by atoms with van der Waals surface area (Å²) in [5, 5.41) is 9.00. The Kier molecular flexibility index (Phi) is 37.6. The number of esters is 2. The molecule has 0 aromatic carbocycles. The molecule has 0 fully saturated rings. The Balaban J connectivity index is 4.51. The quantitative estimate of drug-likeness (QED) is 0.00924. The summed E-state index contributed by atoms with van der Waals surface area (Å²) >= 11 is 0. The minimum Gasteiger partial charge on any atom is -0.756 e. The van der Waals surface area contributed by atoms with Crippen LogP contribution in [0.5, 0.6) is 0 Å². The Morgan fingerprint density at radius 3 is 1.78 bits per heavy atom. The number of phosphoric ester groups is 1. The van der Waals surface area contributed by atoms with E-state index in [1.807, 2.05) is 57.6 Å². The second kappa shape index (κ2) is 39.1. The molecule has 0 aliphatic carbocycles. The standard InChI is InChI=1S/C46H84NO10P/c1-6-8-10-11-12-13-14-15-16-17-20-23-26-29-33-37-45(48)53-41-44(42-55-58(51,52)54-40-39-47(3,4)5)56-46(49)38-34-30-27-24-21-18-19-22-25-28-32-36-43(57-50)35-31-9-7-2/h18-19,24-25,27-28,32,36,43-44H,6-17,20-23,26,29-31,33-35,37-42H2,1-5H3,(H-,50,51,52)/t43-,44+/m0/s1. The molecular formula is C46H84NO10P. The molecule has 0 amide bonds. The summed E-state index contributed by atoms with van der Waals surface area (Å²) in [4.78, 5) is 42.0. The molecule has 0 spiro atoms. The smallest absolute Gasteiger partial charge is 0.306 e. The first-order valence-corrected chi connectivity index (χ1v) is 24.1. The van der Waals surface area contributed by atoms with E-state index in [0.29, 0.717) is 30.3 Å². The summed E-state index contributed by atoms with van der Waals surface area (Å²) in [5.41, 5.74) is 0. The second-order valence-electron chi connectivity index (χ2n) is 16.3. The summed E-state index contributed by atoms with van der Waals surface area (Å²) in [6.07, 6.45) is 40.3. The first-order chi connectivity index (χ1) is 27.9. The van der Waals surface area contributed by atoms with Gasteiger partial charge < -0.3 is 27.9 Å². The monoisotopic (exact) mass is 842 g/mol. The third-order valence-electron chi connectivity index (χ3n) is 9.57. The average Bonchev–Trinajstić information content (AvgIpc) is 3.17. The van der Waals surface area contributed by atoms with Crippen molar-refractivity contribution < 1.29 is 52.2 Å². The highest BCUT2D eigenvalue weighted by molar-refractivity contribution is 7.45. The number of allylic oxidation sites excluding steroid dienone is 7. The van der Waals surface area contributed by atoms with Gasteiger partial charge in [-0.2, -0.15) is 0 Å². The van der Waals surface area contributed by atoms with Crippen LogP contribution in [-0.4, -0.2) is 81.4 Å². The van der Waals surface area contributed by atoms with E-state index in [-0.39, 0.29) is 32.2 Å². The summed E-state index contributed by atoms with van der Waals surface area (Å²) in [7, 11) is 1.09. The van der Waals surface area contributed by atoms with Crippen LogP contribution in [0.15, 0.2) is 48.6 Å². The SMILES string of the molecule is CCCCCCCCCCCCCCCCCC(=O)OC[C@H](COP(=O)([O-])OCC[N+](C)(C)C)OC(=O)CCCC=CCC=CCC=CC=C[C@H](CCCCC)OO. The van der Waals surface area contributed by atoms with E-state index in [1.54, 1.807) is 0 Å². The van der Waals surface area contributed by atoms with Gasteiger partial charge in [0.1, 0.15) is 25.9 Å². The Labute approximate surface area is 353 Å². The molecule has 0 bridgehead atoms. The molecule has 11 nitrogen and oxygen atoms in total. The number of ether oxygens (including phenoxy) is 2. The molecule has 0 aromatic rings. The maximum absolute atomic E-state index is 12.7. The highest BCUT2D eigenvalue weighted by atomic mass is 31.2. The summed E-state index contributed by atoms with van der Waals surface area (Å²) in [6.45, 7) is 4.00. The van der Waals surface area contributed by atoms with Gasteiger partial charge in [0, 0.05) is 12.8 Å². The third-order valence-corrected chi connectivity index (χ3v) is 10.5. The molecule has 1 N–H and O–H groups in total. The molecule has 0 aromatic heterocycles. The van der Waals surface area contributed by atoms with E-state index >= 15 is 0 Å². The van der Waals surface area contributed by atoms with Crippen molar-refractivity contribution in [1.82, 2.24) is 0 Å². The van der Waals surface area contributed by atoms with Crippen LogP contribution in [-0.2, 0) is 37.6 Å². The normalized spacial score (nSPS) is 14.5. The van der Waals surface area contributed by atoms with Gasteiger partial charge in [-0.3, -0.25) is 19.4 Å². The van der Waals surface area contributed by atoms with Crippen LogP contribution in [0.3, 0.4) is 0 Å². The van der Waals surface area contributed by atoms with Crippen molar-refractivity contribution in [2.45, 2.75) is 187 Å². The predicted molar refractivity (Wildman–Crippen MR) is 234 cm³/mol. The van der Waals surface area contributed by atoms with Crippen LogP contribution in [0.25, 0.3) is 0 Å². The Morgan fingerprint density at radius 1 is 0.655 bits per heavy atom. The van der Waals surface area contributed by atoms with Crippen LogP contribution in [0.1, 0.15) is 174 Å². The molecule has 58 heavy (non-hydrogen) atoms. The number of nitrogens with zero attached hydrogens (tertiary/aromatic N) is 1. The van der Waals surface area contributed by atoms with Crippen molar-refractivity contribution in [3.8, 4) is 0 Å². The summed E-state index contributed by atoms with van der Waals surface area (Å²) in [6, 6.07) is 0.